The van der Waals surface area contributed by atoms with Gasteiger partial charge in [0.05, 0.1) is 4.90 Å². The van der Waals surface area contributed by atoms with Crippen LogP contribution in [-0.4, -0.2) is 26.4 Å². The largest absolute Gasteiger partial charge is 0.346 e. The lowest BCUT2D eigenvalue weighted by molar-refractivity contribution is 0.0898. The summed E-state index contributed by atoms with van der Waals surface area (Å²) in [5.41, 5.74) is 6.19. The Labute approximate surface area is 161 Å². The zero-order chi connectivity index (χ0) is 20.1. The molecule has 0 aromatic heterocycles. The lowest BCUT2D eigenvalue weighted by Crippen LogP contribution is -2.52. The zero-order valence-corrected chi connectivity index (χ0v) is 16.7. The molecule has 2 aromatic carbocycles. The Morgan fingerprint density at radius 3 is 2.19 bits per heavy atom. The van der Waals surface area contributed by atoms with E-state index < -0.39 is 15.6 Å². The third-order valence-electron chi connectivity index (χ3n) is 4.18. The normalized spacial score (nSPS) is 13.8. The van der Waals surface area contributed by atoms with Crippen LogP contribution in [0.25, 0.3) is 0 Å². The Morgan fingerprint density at radius 1 is 1.07 bits per heavy atom. The van der Waals surface area contributed by atoms with Gasteiger partial charge in [-0.1, -0.05) is 32.0 Å². The van der Waals surface area contributed by atoms with Gasteiger partial charge in [-0.05, 0) is 55.7 Å². The number of amides is 1. The highest BCUT2D eigenvalue weighted by Crippen LogP contribution is 2.19. The second kappa shape index (κ2) is 8.54. The quantitative estimate of drug-likeness (QED) is 0.646. The predicted octanol–water partition coefficient (Wildman–Crippen LogP) is 2.98. The van der Waals surface area contributed by atoms with Crippen LogP contribution < -0.4 is 15.8 Å². The summed E-state index contributed by atoms with van der Waals surface area (Å²) in [7, 11) is -3.66. The molecule has 7 heteroatoms. The van der Waals surface area contributed by atoms with E-state index in [1.165, 1.54) is 12.1 Å². The molecule has 0 aliphatic rings. The van der Waals surface area contributed by atoms with E-state index >= 15 is 0 Å². The molecule has 0 aliphatic carbocycles. The second-order valence-corrected chi connectivity index (χ2v) is 9.00. The average Bonchev–Trinajstić information content (AvgIpc) is 2.62. The van der Waals surface area contributed by atoms with Gasteiger partial charge in [-0.25, -0.2) is 8.42 Å². The van der Waals surface area contributed by atoms with E-state index in [4.69, 9.17) is 5.73 Å². The standard InChI is InChI=1S/C20H27N3O3S/c1-15(2)13-20(3,14-21)22-19(24)16-9-11-17(12-10-16)23-27(25,26)18-7-5-4-6-8-18/h4-12,15,23H,13-14,21H2,1-3H3,(H,22,24). The molecule has 0 fully saturated rings. The fourth-order valence-corrected chi connectivity index (χ4v) is 4.02. The molecule has 0 radical (unpaired) electrons. The summed E-state index contributed by atoms with van der Waals surface area (Å²) in [4.78, 5) is 12.7. The lowest BCUT2D eigenvalue weighted by Gasteiger charge is -2.31. The Balaban J connectivity index is 2.09. The van der Waals surface area contributed by atoms with E-state index in [0.717, 1.165) is 6.42 Å². The monoisotopic (exact) mass is 389 g/mol. The molecule has 6 nitrogen and oxygen atoms in total. The topological polar surface area (TPSA) is 101 Å². The van der Waals surface area contributed by atoms with Gasteiger partial charge in [-0.3, -0.25) is 9.52 Å². The van der Waals surface area contributed by atoms with Crippen molar-refractivity contribution in [3.63, 3.8) is 0 Å². The highest BCUT2D eigenvalue weighted by Gasteiger charge is 2.26. The van der Waals surface area contributed by atoms with Crippen LogP contribution in [0, 0.1) is 5.92 Å². The summed E-state index contributed by atoms with van der Waals surface area (Å²) in [5.74, 6) is 0.162. The fourth-order valence-electron chi connectivity index (χ4n) is 2.94. The van der Waals surface area contributed by atoms with Crippen LogP contribution in [0.3, 0.4) is 0 Å². The molecule has 0 bridgehead atoms. The van der Waals surface area contributed by atoms with Gasteiger partial charge in [0.15, 0.2) is 0 Å². The number of anilines is 1. The Kier molecular flexibility index (Phi) is 6.62. The second-order valence-electron chi connectivity index (χ2n) is 7.31. The Hall–Kier alpha value is -2.38. The molecule has 1 unspecified atom stereocenters. The molecule has 0 spiro atoms. The van der Waals surface area contributed by atoms with Crippen LogP contribution in [0.2, 0.25) is 0 Å². The van der Waals surface area contributed by atoms with E-state index in [1.807, 2.05) is 6.92 Å². The van der Waals surface area contributed by atoms with E-state index in [0.29, 0.717) is 23.7 Å². The molecule has 0 saturated carbocycles. The minimum Gasteiger partial charge on any atom is -0.346 e. The zero-order valence-electron chi connectivity index (χ0n) is 15.9. The summed E-state index contributed by atoms with van der Waals surface area (Å²) >= 11 is 0. The highest BCUT2D eigenvalue weighted by molar-refractivity contribution is 7.92. The summed E-state index contributed by atoms with van der Waals surface area (Å²) in [6, 6.07) is 14.4. The van der Waals surface area contributed by atoms with Crippen molar-refractivity contribution in [1.82, 2.24) is 5.32 Å². The smallest absolute Gasteiger partial charge is 0.261 e. The molecule has 146 valence electrons. The van der Waals surface area contributed by atoms with Crippen LogP contribution in [0.1, 0.15) is 37.6 Å². The maximum atomic E-state index is 12.5. The number of benzene rings is 2. The molecule has 27 heavy (non-hydrogen) atoms. The highest BCUT2D eigenvalue weighted by atomic mass is 32.2. The van der Waals surface area contributed by atoms with Crippen LogP contribution in [0.15, 0.2) is 59.5 Å². The van der Waals surface area contributed by atoms with Crippen LogP contribution in [-0.2, 0) is 10.0 Å². The third kappa shape index (κ3) is 5.80. The van der Waals surface area contributed by atoms with Gasteiger partial charge in [0.2, 0.25) is 0 Å². The number of rotatable bonds is 8. The Morgan fingerprint density at radius 2 is 1.67 bits per heavy atom. The predicted molar refractivity (Wildman–Crippen MR) is 108 cm³/mol. The van der Waals surface area contributed by atoms with E-state index in [9.17, 15) is 13.2 Å². The first kappa shape index (κ1) is 20.9. The third-order valence-corrected chi connectivity index (χ3v) is 5.57. The molecule has 2 rings (SSSR count). The van der Waals surface area contributed by atoms with Crippen molar-refractivity contribution in [2.24, 2.45) is 11.7 Å². The van der Waals surface area contributed by atoms with Gasteiger partial charge < -0.3 is 11.1 Å². The first-order valence-electron chi connectivity index (χ1n) is 8.86. The molecular formula is C20H27N3O3S. The SMILES string of the molecule is CC(C)CC(C)(CN)NC(=O)c1ccc(NS(=O)(=O)c2ccccc2)cc1. The summed E-state index contributed by atoms with van der Waals surface area (Å²) in [6.07, 6.45) is 0.768. The van der Waals surface area contributed by atoms with Crippen molar-refractivity contribution in [2.45, 2.75) is 37.6 Å². The molecular weight excluding hydrogens is 362 g/mol. The van der Waals surface area contributed by atoms with Gasteiger partial charge in [0.1, 0.15) is 0 Å². The molecule has 0 aliphatic heterocycles. The van der Waals surface area contributed by atoms with Gasteiger partial charge in [-0.2, -0.15) is 0 Å². The van der Waals surface area contributed by atoms with Crippen LogP contribution >= 0.6 is 0 Å². The van der Waals surface area contributed by atoms with Crippen molar-refractivity contribution in [2.75, 3.05) is 11.3 Å². The van der Waals surface area contributed by atoms with Crippen molar-refractivity contribution >= 4 is 21.6 Å². The van der Waals surface area contributed by atoms with Crippen LogP contribution in [0.4, 0.5) is 5.69 Å². The number of hydrogen-bond donors (Lipinski definition) is 3. The van der Waals surface area contributed by atoms with Crippen molar-refractivity contribution in [3.8, 4) is 0 Å². The number of hydrogen-bond acceptors (Lipinski definition) is 4. The average molecular weight is 390 g/mol. The minimum atomic E-state index is -3.66. The van der Waals surface area contributed by atoms with E-state index in [1.54, 1.807) is 42.5 Å². The molecule has 4 N–H and O–H groups in total. The van der Waals surface area contributed by atoms with Gasteiger partial charge in [-0.15, -0.1) is 0 Å². The van der Waals surface area contributed by atoms with Crippen molar-refractivity contribution < 1.29 is 13.2 Å². The molecule has 1 atom stereocenters. The lowest BCUT2D eigenvalue weighted by atomic mass is 9.90. The van der Waals surface area contributed by atoms with E-state index in [-0.39, 0.29) is 10.8 Å². The molecule has 1 amide bonds. The van der Waals surface area contributed by atoms with Crippen molar-refractivity contribution in [3.05, 3.63) is 60.2 Å². The first-order valence-corrected chi connectivity index (χ1v) is 10.3. The number of carbonyl (C=O) groups is 1. The first-order chi connectivity index (χ1) is 12.6. The van der Waals surface area contributed by atoms with Crippen LogP contribution in [0.5, 0.6) is 0 Å². The van der Waals surface area contributed by atoms with E-state index in [2.05, 4.69) is 23.9 Å². The number of sulfonamides is 1. The summed E-state index contributed by atoms with van der Waals surface area (Å²) < 4.78 is 27.2. The van der Waals surface area contributed by atoms with Gasteiger partial charge in [0, 0.05) is 23.3 Å². The summed E-state index contributed by atoms with van der Waals surface area (Å²) in [5, 5.41) is 2.98. The van der Waals surface area contributed by atoms with Gasteiger partial charge in [0.25, 0.3) is 15.9 Å². The number of nitrogens with two attached hydrogens (primary N) is 1. The Bertz CT molecular complexity index is 865. The molecule has 2 aromatic rings. The maximum Gasteiger partial charge on any atom is 0.261 e. The minimum absolute atomic E-state index is 0.180. The van der Waals surface area contributed by atoms with Crippen molar-refractivity contribution in [1.29, 1.82) is 0 Å². The maximum absolute atomic E-state index is 12.5. The fraction of sp³-hybridized carbons (Fsp3) is 0.350. The molecule has 0 heterocycles. The van der Waals surface area contributed by atoms with Gasteiger partial charge >= 0.3 is 0 Å². The number of nitrogens with one attached hydrogen (secondary N) is 2. The molecule has 0 saturated heterocycles. The number of carbonyl (C=O) groups excluding carboxylic acids is 1. The summed E-state index contributed by atoms with van der Waals surface area (Å²) in [6.45, 7) is 6.42.